The van der Waals surface area contributed by atoms with Crippen LogP contribution in [0.25, 0.3) is 0 Å². The van der Waals surface area contributed by atoms with Crippen LogP contribution in [0, 0.1) is 0 Å². The van der Waals surface area contributed by atoms with Gasteiger partial charge in [-0.15, -0.1) is 0 Å². The molecule has 1 aromatic rings. The summed E-state index contributed by atoms with van der Waals surface area (Å²) < 4.78 is 26.6. The highest BCUT2D eigenvalue weighted by Crippen LogP contribution is 2.23. The number of carbonyl (C=O) groups excluding carboxylic acids is 1. The first-order valence-electron chi connectivity index (χ1n) is 5.90. The van der Waals surface area contributed by atoms with Crippen LogP contribution in [-0.4, -0.2) is 38.8 Å². The van der Waals surface area contributed by atoms with E-state index in [1.54, 1.807) is 19.9 Å². The number of nitrogens with one attached hydrogen (secondary N) is 1. The summed E-state index contributed by atoms with van der Waals surface area (Å²) in [4.78, 5) is 11.8. The van der Waals surface area contributed by atoms with E-state index >= 15 is 0 Å². The number of hydrogen-bond acceptors (Lipinski definition) is 3. The summed E-state index contributed by atoms with van der Waals surface area (Å²) >= 11 is 3.24. The van der Waals surface area contributed by atoms with Gasteiger partial charge in [-0.2, -0.15) is 4.31 Å². The zero-order chi connectivity index (χ0) is 14.6. The minimum absolute atomic E-state index is 0.123. The second-order valence-electron chi connectivity index (χ2n) is 3.81. The van der Waals surface area contributed by atoms with Gasteiger partial charge in [0.05, 0.1) is 10.5 Å². The smallest absolute Gasteiger partial charge is 0.252 e. The molecule has 0 spiro atoms. The van der Waals surface area contributed by atoms with Crippen LogP contribution in [-0.2, 0) is 10.0 Å². The van der Waals surface area contributed by atoms with Gasteiger partial charge < -0.3 is 5.32 Å². The Kier molecular flexibility index (Phi) is 5.51. The lowest BCUT2D eigenvalue weighted by Gasteiger charge is -2.19. The molecule has 0 saturated heterocycles. The van der Waals surface area contributed by atoms with E-state index in [4.69, 9.17) is 0 Å². The minimum Gasteiger partial charge on any atom is -0.355 e. The maximum absolute atomic E-state index is 12.3. The lowest BCUT2D eigenvalue weighted by molar-refractivity contribution is 0.0962. The molecule has 7 heteroatoms. The summed E-state index contributed by atoms with van der Waals surface area (Å²) in [6, 6.07) is 4.45. The van der Waals surface area contributed by atoms with Crippen LogP contribution >= 0.6 is 15.9 Å². The fourth-order valence-corrected chi connectivity index (χ4v) is 3.60. The molecule has 5 nitrogen and oxygen atoms in total. The van der Waals surface area contributed by atoms with Gasteiger partial charge in [0.2, 0.25) is 10.0 Å². The molecule has 1 rings (SSSR count). The van der Waals surface area contributed by atoms with Crippen molar-refractivity contribution in [3.05, 3.63) is 28.2 Å². The highest BCUT2D eigenvalue weighted by molar-refractivity contribution is 9.10. The zero-order valence-corrected chi connectivity index (χ0v) is 13.5. The number of carbonyl (C=O) groups is 1. The van der Waals surface area contributed by atoms with Crippen molar-refractivity contribution in [2.45, 2.75) is 18.7 Å². The molecule has 0 aliphatic rings. The molecule has 0 bridgehead atoms. The molecule has 0 atom stereocenters. The van der Waals surface area contributed by atoms with Gasteiger partial charge in [0, 0.05) is 24.6 Å². The molecule has 0 aromatic heterocycles. The van der Waals surface area contributed by atoms with Gasteiger partial charge in [-0.3, -0.25) is 4.79 Å². The van der Waals surface area contributed by atoms with Crippen molar-refractivity contribution in [2.75, 3.05) is 20.1 Å². The first-order valence-corrected chi connectivity index (χ1v) is 8.13. The fourth-order valence-electron chi connectivity index (χ4n) is 1.69. The van der Waals surface area contributed by atoms with Gasteiger partial charge in [0.1, 0.15) is 0 Å². The Hall–Kier alpha value is -0.920. The Bertz CT molecular complexity index is 568. The Morgan fingerprint density at radius 2 is 1.89 bits per heavy atom. The van der Waals surface area contributed by atoms with Crippen LogP contribution in [0.1, 0.15) is 24.2 Å². The number of amides is 1. The number of rotatable bonds is 5. The number of benzene rings is 1. The van der Waals surface area contributed by atoms with Crippen molar-refractivity contribution in [2.24, 2.45) is 0 Å². The largest absolute Gasteiger partial charge is 0.355 e. The van der Waals surface area contributed by atoms with E-state index < -0.39 is 10.0 Å². The SMILES string of the molecule is CCN(CC)S(=O)(=O)c1ccc(Br)c(C(=O)NC)c1. The summed E-state index contributed by atoms with van der Waals surface area (Å²) in [5, 5.41) is 2.48. The highest BCUT2D eigenvalue weighted by Gasteiger charge is 2.23. The Morgan fingerprint density at radius 3 is 2.37 bits per heavy atom. The van der Waals surface area contributed by atoms with Crippen LogP contribution in [0.2, 0.25) is 0 Å². The molecular weight excluding hydrogens is 332 g/mol. The molecule has 19 heavy (non-hydrogen) atoms. The summed E-state index contributed by atoms with van der Waals surface area (Å²) in [7, 11) is -2.05. The Balaban J connectivity index is 3.33. The van der Waals surface area contributed by atoms with Crippen LogP contribution in [0.4, 0.5) is 0 Å². The molecule has 0 heterocycles. The third-order valence-corrected chi connectivity index (χ3v) is 5.49. The van der Waals surface area contributed by atoms with Crippen molar-refractivity contribution in [3.8, 4) is 0 Å². The normalized spacial score (nSPS) is 11.6. The molecule has 0 fully saturated rings. The highest BCUT2D eigenvalue weighted by atomic mass is 79.9. The van der Waals surface area contributed by atoms with Crippen molar-refractivity contribution >= 4 is 31.9 Å². The van der Waals surface area contributed by atoms with E-state index in [1.165, 1.54) is 23.5 Å². The number of nitrogens with zero attached hydrogens (tertiary/aromatic N) is 1. The predicted molar refractivity (Wildman–Crippen MR) is 77.6 cm³/mol. The van der Waals surface area contributed by atoms with Crippen molar-refractivity contribution in [1.82, 2.24) is 9.62 Å². The lowest BCUT2D eigenvalue weighted by Crippen LogP contribution is -2.31. The number of halogens is 1. The third-order valence-electron chi connectivity index (χ3n) is 2.75. The van der Waals surface area contributed by atoms with Gasteiger partial charge in [0.25, 0.3) is 5.91 Å². The Morgan fingerprint density at radius 1 is 1.32 bits per heavy atom. The second kappa shape index (κ2) is 6.49. The first kappa shape index (κ1) is 16.1. The lowest BCUT2D eigenvalue weighted by atomic mass is 10.2. The third kappa shape index (κ3) is 3.34. The fraction of sp³-hybridized carbons (Fsp3) is 0.417. The van der Waals surface area contributed by atoms with Gasteiger partial charge in [0.15, 0.2) is 0 Å². The summed E-state index contributed by atoms with van der Waals surface area (Å²) in [6.45, 7) is 4.34. The minimum atomic E-state index is -3.55. The monoisotopic (exact) mass is 348 g/mol. The standard InChI is InChI=1S/C12H17BrN2O3S/c1-4-15(5-2)19(17,18)9-6-7-11(13)10(8-9)12(16)14-3/h6-8H,4-5H2,1-3H3,(H,14,16). The summed E-state index contributed by atoms with van der Waals surface area (Å²) in [5.74, 6) is -0.330. The molecule has 106 valence electrons. The number of sulfonamides is 1. The molecule has 1 N–H and O–H groups in total. The summed E-state index contributed by atoms with van der Waals surface area (Å²) in [5.41, 5.74) is 0.302. The van der Waals surface area contributed by atoms with Crippen LogP contribution in [0.3, 0.4) is 0 Å². The topological polar surface area (TPSA) is 66.5 Å². The van der Waals surface area contributed by atoms with E-state index in [0.29, 0.717) is 23.1 Å². The van der Waals surface area contributed by atoms with E-state index in [0.717, 1.165) is 0 Å². The number of hydrogen-bond donors (Lipinski definition) is 1. The van der Waals surface area contributed by atoms with E-state index in [-0.39, 0.29) is 10.8 Å². The molecule has 0 aliphatic heterocycles. The van der Waals surface area contributed by atoms with Crippen molar-refractivity contribution < 1.29 is 13.2 Å². The molecule has 0 aliphatic carbocycles. The van der Waals surface area contributed by atoms with Crippen molar-refractivity contribution in [3.63, 3.8) is 0 Å². The van der Waals surface area contributed by atoms with E-state index in [2.05, 4.69) is 21.2 Å². The molecular formula is C12H17BrN2O3S. The van der Waals surface area contributed by atoms with Crippen LogP contribution < -0.4 is 5.32 Å². The first-order chi connectivity index (χ1) is 8.88. The quantitative estimate of drug-likeness (QED) is 0.882. The van der Waals surface area contributed by atoms with Crippen LogP contribution in [0.5, 0.6) is 0 Å². The second-order valence-corrected chi connectivity index (χ2v) is 6.60. The molecule has 0 radical (unpaired) electrons. The Labute approximate surface area is 122 Å². The van der Waals surface area contributed by atoms with E-state index in [9.17, 15) is 13.2 Å². The average Bonchev–Trinajstić information content (AvgIpc) is 2.39. The molecule has 0 unspecified atom stereocenters. The van der Waals surface area contributed by atoms with Gasteiger partial charge in [-0.25, -0.2) is 8.42 Å². The van der Waals surface area contributed by atoms with Crippen LogP contribution in [0.15, 0.2) is 27.6 Å². The molecule has 1 amide bonds. The van der Waals surface area contributed by atoms with Crippen molar-refractivity contribution in [1.29, 1.82) is 0 Å². The van der Waals surface area contributed by atoms with Gasteiger partial charge >= 0.3 is 0 Å². The maximum atomic E-state index is 12.3. The van der Waals surface area contributed by atoms with Gasteiger partial charge in [-0.1, -0.05) is 13.8 Å². The maximum Gasteiger partial charge on any atom is 0.252 e. The predicted octanol–water partition coefficient (Wildman–Crippen LogP) is 1.84. The van der Waals surface area contributed by atoms with E-state index in [1.807, 2.05) is 0 Å². The zero-order valence-electron chi connectivity index (χ0n) is 11.1. The van der Waals surface area contributed by atoms with Gasteiger partial charge in [-0.05, 0) is 34.1 Å². The molecule has 0 saturated carbocycles. The summed E-state index contributed by atoms with van der Waals surface area (Å²) in [6.07, 6.45) is 0. The molecule has 1 aromatic carbocycles. The average molecular weight is 349 g/mol.